The summed E-state index contributed by atoms with van der Waals surface area (Å²) in [4.78, 5) is 26.1. The Morgan fingerprint density at radius 1 is 0.936 bits per heavy atom. The highest BCUT2D eigenvalue weighted by atomic mass is 32.2. The molecule has 0 radical (unpaired) electrons. The van der Waals surface area contributed by atoms with E-state index in [2.05, 4.69) is 20.0 Å². The zero-order valence-corrected chi connectivity index (χ0v) is 27.1. The van der Waals surface area contributed by atoms with Crippen LogP contribution in [-0.4, -0.2) is 68.8 Å². The van der Waals surface area contributed by atoms with Crippen molar-refractivity contribution in [1.29, 1.82) is 0 Å². The normalized spacial score (nSPS) is 18.6. The highest BCUT2D eigenvalue weighted by Crippen LogP contribution is 2.54. The van der Waals surface area contributed by atoms with Crippen LogP contribution < -0.4 is 19.8 Å². The maximum Gasteiger partial charge on any atom is 0.260 e. The Bertz CT molecular complexity index is 1700. The Morgan fingerprint density at radius 2 is 1.62 bits per heavy atom. The number of rotatable bonds is 11. The van der Waals surface area contributed by atoms with Gasteiger partial charge < -0.3 is 14.5 Å². The Balaban J connectivity index is 1.20. The number of hydrogen-bond acceptors (Lipinski definition) is 8. The number of amides is 1. The number of piperidine rings is 2. The number of aromatic nitrogens is 2. The van der Waals surface area contributed by atoms with Gasteiger partial charge in [0.05, 0.1) is 35.9 Å². The van der Waals surface area contributed by atoms with Crippen LogP contribution in [0.3, 0.4) is 0 Å². The van der Waals surface area contributed by atoms with Gasteiger partial charge in [0, 0.05) is 50.8 Å². The van der Waals surface area contributed by atoms with E-state index in [0.717, 1.165) is 37.3 Å². The zero-order chi connectivity index (χ0) is 33.2. The number of sulfonamides is 1. The van der Waals surface area contributed by atoms with Gasteiger partial charge in [-0.05, 0) is 55.7 Å². The number of benzene rings is 2. The predicted molar refractivity (Wildman–Crippen MR) is 174 cm³/mol. The molecule has 3 aromatic rings. The number of halogens is 3. The Morgan fingerprint density at radius 3 is 2.30 bits per heavy atom. The van der Waals surface area contributed by atoms with E-state index in [1.807, 2.05) is 35.2 Å². The lowest BCUT2D eigenvalue weighted by Gasteiger charge is -2.35. The molecule has 2 aliphatic heterocycles. The van der Waals surface area contributed by atoms with Crippen LogP contribution in [0, 0.1) is 18.2 Å². The monoisotopic (exact) mass is 672 g/mol. The van der Waals surface area contributed by atoms with E-state index in [9.17, 15) is 22.0 Å². The molecule has 252 valence electrons. The number of hydrogen-bond donors (Lipinski definition) is 2. The highest BCUT2D eigenvalue weighted by molar-refractivity contribution is 7.92. The fraction of sp³-hybridized carbons (Fsp3) is 0.485. The average molecular weight is 673 g/mol. The molecule has 14 heteroatoms. The number of nitrogens with zero attached hydrogens (tertiary/aromatic N) is 4. The van der Waals surface area contributed by atoms with Crippen molar-refractivity contribution in [3.05, 3.63) is 71.2 Å². The van der Waals surface area contributed by atoms with Crippen molar-refractivity contribution < 1.29 is 31.1 Å². The molecule has 1 aliphatic carbocycles. The van der Waals surface area contributed by atoms with Crippen LogP contribution in [0.25, 0.3) is 0 Å². The van der Waals surface area contributed by atoms with Crippen molar-refractivity contribution in [2.45, 2.75) is 58.0 Å². The zero-order valence-electron chi connectivity index (χ0n) is 26.3. The fourth-order valence-corrected chi connectivity index (χ4v) is 7.07. The molecule has 3 heterocycles. The molecular formula is C33H39F3N6O4S. The van der Waals surface area contributed by atoms with Crippen molar-refractivity contribution >= 4 is 39.1 Å². The molecule has 10 nitrogen and oxygen atoms in total. The van der Waals surface area contributed by atoms with Crippen LogP contribution >= 0.6 is 0 Å². The first-order valence-corrected chi connectivity index (χ1v) is 17.6. The van der Waals surface area contributed by atoms with Gasteiger partial charge in [0.2, 0.25) is 16.0 Å². The molecule has 2 aromatic carbocycles. The van der Waals surface area contributed by atoms with E-state index >= 15 is 4.39 Å². The van der Waals surface area contributed by atoms with Crippen LogP contribution in [0.15, 0.2) is 48.5 Å². The van der Waals surface area contributed by atoms with E-state index in [-0.39, 0.29) is 62.1 Å². The molecule has 3 aliphatic rings. The minimum Gasteiger partial charge on any atom is -0.376 e. The maximum atomic E-state index is 15.5. The third-order valence-corrected chi connectivity index (χ3v) is 10.4. The van der Waals surface area contributed by atoms with E-state index in [4.69, 9.17) is 4.74 Å². The minimum atomic E-state index is -3.98. The largest absolute Gasteiger partial charge is 0.376 e. The molecule has 0 unspecified atom stereocenters. The molecule has 3 fully saturated rings. The lowest BCUT2D eigenvalue weighted by molar-refractivity contribution is -0.0221. The molecule has 6 rings (SSSR count). The summed E-state index contributed by atoms with van der Waals surface area (Å²) in [5.74, 6) is -4.31. The van der Waals surface area contributed by atoms with Gasteiger partial charge >= 0.3 is 0 Å². The molecule has 1 saturated carbocycles. The van der Waals surface area contributed by atoms with Crippen LogP contribution in [0.1, 0.15) is 60.1 Å². The van der Waals surface area contributed by atoms with E-state index < -0.39 is 27.7 Å². The van der Waals surface area contributed by atoms with Gasteiger partial charge in [-0.15, -0.1) is 0 Å². The molecule has 2 saturated heterocycles. The van der Waals surface area contributed by atoms with Crippen molar-refractivity contribution in [2.24, 2.45) is 5.41 Å². The van der Waals surface area contributed by atoms with Gasteiger partial charge in [-0.2, -0.15) is 4.98 Å². The fourth-order valence-electron chi connectivity index (χ4n) is 6.14. The first-order chi connectivity index (χ1) is 22.4. The van der Waals surface area contributed by atoms with Gasteiger partial charge in [0.15, 0.2) is 0 Å². The van der Waals surface area contributed by atoms with Crippen LogP contribution in [0.4, 0.5) is 36.3 Å². The van der Waals surface area contributed by atoms with E-state index in [0.29, 0.717) is 35.7 Å². The molecule has 1 spiro atoms. The third-order valence-electron chi connectivity index (χ3n) is 9.21. The van der Waals surface area contributed by atoms with Crippen LogP contribution in [0.2, 0.25) is 0 Å². The second kappa shape index (κ2) is 13.3. The number of ether oxygens (including phenoxy) is 1. The summed E-state index contributed by atoms with van der Waals surface area (Å²) in [6, 6.07) is 13.4. The molecule has 0 atom stereocenters. The van der Waals surface area contributed by atoms with Gasteiger partial charge in [-0.1, -0.05) is 30.3 Å². The van der Waals surface area contributed by atoms with Crippen molar-refractivity contribution in [1.82, 2.24) is 9.97 Å². The van der Waals surface area contributed by atoms with Gasteiger partial charge in [-0.3, -0.25) is 14.8 Å². The molecule has 2 N–H and O–H groups in total. The summed E-state index contributed by atoms with van der Waals surface area (Å²) < 4.78 is 76.7. The second-order valence-electron chi connectivity index (χ2n) is 12.8. The van der Waals surface area contributed by atoms with Crippen LogP contribution in [-0.2, 0) is 21.4 Å². The Kier molecular flexibility index (Phi) is 9.34. The predicted octanol–water partition coefficient (Wildman–Crippen LogP) is 5.75. The number of carbonyl (C=O) groups excluding carboxylic acids is 1. The maximum absolute atomic E-state index is 15.5. The van der Waals surface area contributed by atoms with Crippen molar-refractivity contribution in [2.75, 3.05) is 58.4 Å². The topological polar surface area (TPSA) is 117 Å². The van der Waals surface area contributed by atoms with Gasteiger partial charge in [0.1, 0.15) is 11.6 Å². The van der Waals surface area contributed by atoms with Crippen LogP contribution in [0.5, 0.6) is 0 Å². The number of alkyl halides is 2. The summed E-state index contributed by atoms with van der Waals surface area (Å²) in [6.07, 6.45) is 3.57. The first kappa shape index (κ1) is 33.0. The third kappa shape index (κ3) is 8.33. The average Bonchev–Trinajstić information content (AvgIpc) is 3.79. The lowest BCUT2D eigenvalue weighted by Crippen LogP contribution is -2.40. The molecule has 1 amide bonds. The van der Waals surface area contributed by atoms with E-state index in [1.54, 1.807) is 17.9 Å². The minimum absolute atomic E-state index is 0.00709. The summed E-state index contributed by atoms with van der Waals surface area (Å²) >= 11 is 0. The number of nitrogens with one attached hydrogen (secondary N) is 2. The van der Waals surface area contributed by atoms with Gasteiger partial charge in [-0.25, -0.2) is 26.6 Å². The molecule has 0 bridgehead atoms. The molecule has 47 heavy (non-hydrogen) atoms. The number of carbonyl (C=O) groups is 1. The Hall–Kier alpha value is -3.91. The summed E-state index contributed by atoms with van der Waals surface area (Å²) in [5, 5.41) is 2.66. The van der Waals surface area contributed by atoms with E-state index in [1.165, 1.54) is 6.07 Å². The molecule has 1 aromatic heterocycles. The smallest absolute Gasteiger partial charge is 0.260 e. The SMILES string of the molecule is Cc1cc(N2CCC(F)(F)CC2)nc(NC(=O)c2cc(F)c(NS(=O)(=O)CCOCc3ccccc3)cc2N2CCC3(CC2)CC3)n1. The van der Waals surface area contributed by atoms with Crippen molar-refractivity contribution in [3.63, 3.8) is 0 Å². The summed E-state index contributed by atoms with van der Waals surface area (Å²) in [6.45, 7) is 3.35. The second-order valence-corrected chi connectivity index (χ2v) is 14.6. The number of anilines is 4. The highest BCUT2D eigenvalue weighted by Gasteiger charge is 2.45. The number of aryl methyl sites for hydroxylation is 1. The quantitative estimate of drug-likeness (QED) is 0.248. The standard InChI is InChI=1S/C33H39F3N6O4S/c1-23-19-29(42-15-11-33(35,36)12-16-42)38-31(37-23)39-30(43)25-20-26(34)27(21-28(25)41-13-9-32(7-8-32)10-14-41)40-47(44,45)18-17-46-22-24-5-3-2-4-6-24/h2-6,19-21,40H,7-18,22H2,1H3,(H,37,38,39,43). The van der Waals surface area contributed by atoms with Gasteiger partial charge in [0.25, 0.3) is 11.8 Å². The first-order valence-electron chi connectivity index (χ1n) is 15.9. The Labute approximate surface area is 272 Å². The summed E-state index contributed by atoms with van der Waals surface area (Å²) in [7, 11) is -3.98. The van der Waals surface area contributed by atoms with Crippen molar-refractivity contribution in [3.8, 4) is 0 Å². The summed E-state index contributed by atoms with van der Waals surface area (Å²) in [5.41, 5.74) is 1.89. The lowest BCUT2D eigenvalue weighted by atomic mass is 9.93. The molecular weight excluding hydrogens is 633 g/mol.